The minimum atomic E-state index is -0.264. The molecule has 1 aromatic carbocycles. The van der Waals surface area contributed by atoms with Crippen molar-refractivity contribution >= 4 is 23.3 Å². The van der Waals surface area contributed by atoms with Crippen molar-refractivity contribution in [3.05, 3.63) is 58.9 Å². The molecule has 2 rings (SSSR count). The molecular weight excluding hydrogens is 274 g/mol. The van der Waals surface area contributed by atoms with Crippen LogP contribution in [0.15, 0.2) is 42.7 Å². The summed E-state index contributed by atoms with van der Waals surface area (Å²) in [6.07, 6.45) is 3.40. The molecule has 0 saturated carbocycles. The number of urea groups is 1. The second-order valence-corrected chi connectivity index (χ2v) is 4.92. The van der Waals surface area contributed by atoms with Gasteiger partial charge in [0, 0.05) is 23.1 Å². The summed E-state index contributed by atoms with van der Waals surface area (Å²) >= 11 is 6.02. The van der Waals surface area contributed by atoms with Crippen molar-refractivity contribution in [3.8, 4) is 0 Å². The second kappa shape index (κ2) is 6.39. The summed E-state index contributed by atoms with van der Waals surface area (Å²) in [5.41, 5.74) is 2.55. The number of carbonyl (C=O) groups is 1. The van der Waals surface area contributed by atoms with Crippen molar-refractivity contribution in [1.82, 2.24) is 10.3 Å². The maximum absolute atomic E-state index is 12.0. The standard InChI is InChI=1S/C15H16ClN3O/c1-10-13(16)4-3-5-14(10)19-15(20)18-11(2)12-6-8-17-9-7-12/h3-9,11H,1-2H3,(H2,18,19,20). The molecule has 1 aromatic heterocycles. The Labute approximate surface area is 123 Å². The minimum absolute atomic E-state index is 0.0995. The number of pyridine rings is 1. The lowest BCUT2D eigenvalue weighted by molar-refractivity contribution is 0.249. The molecule has 1 atom stereocenters. The monoisotopic (exact) mass is 289 g/mol. The fourth-order valence-electron chi connectivity index (χ4n) is 1.83. The Balaban J connectivity index is 2.01. The Morgan fingerprint density at radius 3 is 2.65 bits per heavy atom. The smallest absolute Gasteiger partial charge is 0.319 e. The van der Waals surface area contributed by atoms with Crippen LogP contribution in [0.2, 0.25) is 5.02 Å². The lowest BCUT2D eigenvalue weighted by atomic mass is 10.1. The first kappa shape index (κ1) is 14.3. The van der Waals surface area contributed by atoms with Gasteiger partial charge in [0.25, 0.3) is 0 Å². The average molecular weight is 290 g/mol. The quantitative estimate of drug-likeness (QED) is 0.899. The maximum atomic E-state index is 12.0. The molecule has 0 radical (unpaired) electrons. The highest BCUT2D eigenvalue weighted by atomic mass is 35.5. The van der Waals surface area contributed by atoms with Crippen LogP contribution in [0.25, 0.3) is 0 Å². The Morgan fingerprint density at radius 2 is 1.95 bits per heavy atom. The third-order valence-corrected chi connectivity index (χ3v) is 3.48. The summed E-state index contributed by atoms with van der Waals surface area (Å²) in [5.74, 6) is 0. The summed E-state index contributed by atoms with van der Waals surface area (Å²) in [4.78, 5) is 15.9. The topological polar surface area (TPSA) is 54.0 Å². The van der Waals surface area contributed by atoms with Crippen LogP contribution in [0, 0.1) is 6.92 Å². The lowest BCUT2D eigenvalue weighted by Crippen LogP contribution is -2.31. The molecule has 4 nitrogen and oxygen atoms in total. The lowest BCUT2D eigenvalue weighted by Gasteiger charge is -2.16. The van der Waals surface area contributed by atoms with E-state index >= 15 is 0 Å². The summed E-state index contributed by atoms with van der Waals surface area (Å²) < 4.78 is 0. The SMILES string of the molecule is Cc1c(Cl)cccc1NC(=O)NC(C)c1ccncc1. The number of hydrogen-bond donors (Lipinski definition) is 2. The van der Waals surface area contributed by atoms with Crippen molar-refractivity contribution in [2.45, 2.75) is 19.9 Å². The van der Waals surface area contributed by atoms with Gasteiger partial charge in [0.1, 0.15) is 0 Å². The first-order chi connectivity index (χ1) is 9.58. The highest BCUT2D eigenvalue weighted by molar-refractivity contribution is 6.31. The summed E-state index contributed by atoms with van der Waals surface area (Å²) in [5, 5.41) is 6.30. The Hall–Kier alpha value is -2.07. The van der Waals surface area contributed by atoms with Gasteiger partial charge in [-0.25, -0.2) is 4.79 Å². The van der Waals surface area contributed by atoms with E-state index in [9.17, 15) is 4.79 Å². The van der Waals surface area contributed by atoms with Crippen molar-refractivity contribution in [2.24, 2.45) is 0 Å². The van der Waals surface area contributed by atoms with Crippen LogP contribution < -0.4 is 10.6 Å². The van der Waals surface area contributed by atoms with Gasteiger partial charge in [0.05, 0.1) is 6.04 Å². The molecule has 0 bridgehead atoms. The third kappa shape index (κ3) is 3.48. The largest absolute Gasteiger partial charge is 0.331 e. The van der Waals surface area contributed by atoms with Crippen LogP contribution in [0.1, 0.15) is 24.1 Å². The first-order valence-corrected chi connectivity index (χ1v) is 6.68. The number of nitrogens with one attached hydrogen (secondary N) is 2. The molecule has 2 aromatic rings. The van der Waals surface area contributed by atoms with Gasteiger partial charge in [-0.2, -0.15) is 0 Å². The molecule has 5 heteroatoms. The summed E-state index contributed by atoms with van der Waals surface area (Å²) in [7, 11) is 0. The molecule has 20 heavy (non-hydrogen) atoms. The normalized spacial score (nSPS) is 11.8. The zero-order valence-electron chi connectivity index (χ0n) is 11.4. The van der Waals surface area contributed by atoms with E-state index in [1.54, 1.807) is 24.5 Å². The fraction of sp³-hybridized carbons (Fsp3) is 0.200. The predicted molar refractivity (Wildman–Crippen MR) is 81.0 cm³/mol. The van der Waals surface area contributed by atoms with E-state index in [-0.39, 0.29) is 12.1 Å². The van der Waals surface area contributed by atoms with E-state index in [0.29, 0.717) is 10.7 Å². The van der Waals surface area contributed by atoms with E-state index in [0.717, 1.165) is 11.1 Å². The zero-order valence-corrected chi connectivity index (χ0v) is 12.1. The molecule has 1 heterocycles. The van der Waals surface area contributed by atoms with Crippen LogP contribution >= 0.6 is 11.6 Å². The number of hydrogen-bond acceptors (Lipinski definition) is 2. The first-order valence-electron chi connectivity index (χ1n) is 6.30. The highest BCUT2D eigenvalue weighted by Crippen LogP contribution is 2.23. The third-order valence-electron chi connectivity index (χ3n) is 3.07. The van der Waals surface area contributed by atoms with Crippen LogP contribution in [-0.2, 0) is 0 Å². The van der Waals surface area contributed by atoms with Crippen molar-refractivity contribution in [2.75, 3.05) is 5.32 Å². The molecule has 2 N–H and O–H groups in total. The Morgan fingerprint density at radius 1 is 1.25 bits per heavy atom. The van der Waals surface area contributed by atoms with Crippen molar-refractivity contribution in [1.29, 1.82) is 0 Å². The van der Waals surface area contributed by atoms with E-state index in [1.165, 1.54) is 0 Å². The van der Waals surface area contributed by atoms with Gasteiger partial charge >= 0.3 is 6.03 Å². The van der Waals surface area contributed by atoms with E-state index in [4.69, 9.17) is 11.6 Å². The van der Waals surface area contributed by atoms with Gasteiger partial charge in [0.15, 0.2) is 0 Å². The van der Waals surface area contributed by atoms with E-state index in [1.807, 2.05) is 32.0 Å². The number of amides is 2. The number of carbonyl (C=O) groups excluding carboxylic acids is 1. The molecular formula is C15H16ClN3O. The second-order valence-electron chi connectivity index (χ2n) is 4.51. The number of benzene rings is 1. The number of rotatable bonds is 3. The molecule has 1 unspecified atom stereocenters. The van der Waals surface area contributed by atoms with Crippen molar-refractivity contribution in [3.63, 3.8) is 0 Å². The fourth-order valence-corrected chi connectivity index (χ4v) is 2.01. The molecule has 0 fully saturated rings. The molecule has 0 aliphatic rings. The zero-order chi connectivity index (χ0) is 14.5. The molecule has 104 valence electrons. The van der Waals surface area contributed by atoms with Crippen molar-refractivity contribution < 1.29 is 4.79 Å². The summed E-state index contributed by atoms with van der Waals surface area (Å²) in [6, 6.07) is 8.79. The van der Waals surface area contributed by atoms with Crippen LogP contribution in [0.3, 0.4) is 0 Å². The van der Waals surface area contributed by atoms with Gasteiger partial charge in [-0.1, -0.05) is 17.7 Å². The number of halogens is 1. The van der Waals surface area contributed by atoms with E-state index in [2.05, 4.69) is 15.6 Å². The van der Waals surface area contributed by atoms with Gasteiger partial charge in [-0.15, -0.1) is 0 Å². The highest BCUT2D eigenvalue weighted by Gasteiger charge is 2.10. The van der Waals surface area contributed by atoms with Gasteiger partial charge in [-0.05, 0) is 49.2 Å². The van der Waals surface area contributed by atoms with Gasteiger partial charge in [0.2, 0.25) is 0 Å². The predicted octanol–water partition coefficient (Wildman–Crippen LogP) is 3.93. The van der Waals surface area contributed by atoms with Gasteiger partial charge in [-0.3, -0.25) is 4.98 Å². The number of anilines is 1. The van der Waals surface area contributed by atoms with Gasteiger partial charge < -0.3 is 10.6 Å². The minimum Gasteiger partial charge on any atom is -0.331 e. The molecule has 0 saturated heterocycles. The molecule has 0 spiro atoms. The molecule has 0 aliphatic carbocycles. The molecule has 0 aliphatic heterocycles. The Bertz CT molecular complexity index is 601. The number of aromatic nitrogens is 1. The number of nitrogens with zero attached hydrogens (tertiary/aromatic N) is 1. The average Bonchev–Trinajstić information content (AvgIpc) is 2.45. The van der Waals surface area contributed by atoms with E-state index < -0.39 is 0 Å². The molecule has 2 amide bonds. The maximum Gasteiger partial charge on any atom is 0.319 e. The Kier molecular flexibility index (Phi) is 4.58. The van der Waals surface area contributed by atoms with Crippen LogP contribution in [0.5, 0.6) is 0 Å². The van der Waals surface area contributed by atoms with Crippen LogP contribution in [-0.4, -0.2) is 11.0 Å². The summed E-state index contributed by atoms with van der Waals surface area (Å²) in [6.45, 7) is 3.78. The van der Waals surface area contributed by atoms with Crippen LogP contribution in [0.4, 0.5) is 10.5 Å².